The number of nitrogens with one attached hydrogen (secondary N) is 2. The highest BCUT2D eigenvalue weighted by atomic mass is 16.6. The van der Waals surface area contributed by atoms with E-state index in [1.165, 1.54) is 12.1 Å². The summed E-state index contributed by atoms with van der Waals surface area (Å²) in [4.78, 5) is 17.7. The van der Waals surface area contributed by atoms with Crippen LogP contribution >= 0.6 is 0 Å². The topological polar surface area (TPSA) is 83.8 Å². The maximum absolute atomic E-state index is 10.7. The fourth-order valence-electron chi connectivity index (χ4n) is 2.11. The lowest BCUT2D eigenvalue weighted by Gasteiger charge is -2.09. The minimum Gasteiger partial charge on any atom is -0.352 e. The highest BCUT2D eigenvalue weighted by molar-refractivity contribution is 5.79. The van der Waals surface area contributed by atoms with Crippen molar-refractivity contribution in [1.29, 1.82) is 0 Å². The molecule has 0 fully saturated rings. The lowest BCUT2D eigenvalue weighted by molar-refractivity contribution is -0.384. The second kappa shape index (κ2) is 4.14. The van der Waals surface area contributed by atoms with Crippen LogP contribution in [-0.2, 0) is 0 Å². The predicted molar refractivity (Wildman–Crippen MR) is 68.5 cm³/mol. The number of nitro benzene ring substituents is 1. The molecule has 0 spiro atoms. The predicted octanol–water partition coefficient (Wildman–Crippen LogP) is 2.60. The molecule has 6 heteroatoms. The Labute approximate surface area is 103 Å². The SMILES string of the molecule is O=[N+]([O-])c1ccc2nc(NC3CC=CC3)[nH]c2c1. The van der Waals surface area contributed by atoms with Crippen molar-refractivity contribution in [2.45, 2.75) is 18.9 Å². The van der Waals surface area contributed by atoms with Gasteiger partial charge in [0, 0.05) is 18.2 Å². The van der Waals surface area contributed by atoms with Crippen molar-refractivity contribution < 1.29 is 4.92 Å². The molecule has 92 valence electrons. The summed E-state index contributed by atoms with van der Waals surface area (Å²) in [5, 5.41) is 14.0. The Kier molecular flexibility index (Phi) is 2.47. The van der Waals surface area contributed by atoms with E-state index in [2.05, 4.69) is 27.4 Å². The van der Waals surface area contributed by atoms with Crippen molar-refractivity contribution in [3.63, 3.8) is 0 Å². The third-order valence-corrected chi connectivity index (χ3v) is 3.02. The van der Waals surface area contributed by atoms with E-state index in [0.717, 1.165) is 18.4 Å². The van der Waals surface area contributed by atoms with Crippen molar-refractivity contribution in [3.8, 4) is 0 Å². The average Bonchev–Trinajstić information content (AvgIpc) is 2.96. The Balaban J connectivity index is 1.88. The molecule has 1 aromatic carbocycles. The molecule has 0 bridgehead atoms. The number of hydrogen-bond acceptors (Lipinski definition) is 4. The summed E-state index contributed by atoms with van der Waals surface area (Å²) in [7, 11) is 0. The number of anilines is 1. The van der Waals surface area contributed by atoms with Gasteiger partial charge in [-0.25, -0.2) is 4.98 Å². The fraction of sp³-hybridized carbons (Fsp3) is 0.250. The van der Waals surface area contributed by atoms with Crippen LogP contribution < -0.4 is 5.32 Å². The normalized spacial score (nSPS) is 15.3. The molecule has 0 unspecified atom stereocenters. The first-order valence-electron chi connectivity index (χ1n) is 5.78. The summed E-state index contributed by atoms with van der Waals surface area (Å²) in [5.41, 5.74) is 1.48. The van der Waals surface area contributed by atoms with Gasteiger partial charge in [0.15, 0.2) is 0 Å². The van der Waals surface area contributed by atoms with Crippen LogP contribution in [0.1, 0.15) is 12.8 Å². The molecule has 0 atom stereocenters. The van der Waals surface area contributed by atoms with Crippen LogP contribution in [0.15, 0.2) is 30.4 Å². The van der Waals surface area contributed by atoms with Gasteiger partial charge in [0.05, 0.1) is 16.0 Å². The molecule has 3 rings (SSSR count). The lowest BCUT2D eigenvalue weighted by Crippen LogP contribution is -2.15. The van der Waals surface area contributed by atoms with E-state index in [-0.39, 0.29) is 5.69 Å². The van der Waals surface area contributed by atoms with Crippen LogP contribution in [-0.4, -0.2) is 20.9 Å². The third kappa shape index (κ3) is 1.92. The maximum Gasteiger partial charge on any atom is 0.271 e. The van der Waals surface area contributed by atoms with Crippen LogP contribution in [0, 0.1) is 10.1 Å². The number of benzene rings is 1. The molecule has 2 N–H and O–H groups in total. The third-order valence-electron chi connectivity index (χ3n) is 3.02. The largest absolute Gasteiger partial charge is 0.352 e. The monoisotopic (exact) mass is 244 g/mol. The molecule has 0 saturated carbocycles. The zero-order valence-corrected chi connectivity index (χ0v) is 9.59. The second-order valence-electron chi connectivity index (χ2n) is 4.33. The zero-order chi connectivity index (χ0) is 12.5. The first-order valence-corrected chi connectivity index (χ1v) is 5.78. The van der Waals surface area contributed by atoms with Gasteiger partial charge in [0.1, 0.15) is 0 Å². The molecule has 18 heavy (non-hydrogen) atoms. The van der Waals surface area contributed by atoms with Gasteiger partial charge in [-0.2, -0.15) is 0 Å². The summed E-state index contributed by atoms with van der Waals surface area (Å²) in [6.07, 6.45) is 6.23. The molecule has 1 heterocycles. The summed E-state index contributed by atoms with van der Waals surface area (Å²) in [6, 6.07) is 4.98. The first-order chi connectivity index (χ1) is 8.72. The molecule has 1 aliphatic rings. The number of aromatic amines is 1. The first kappa shape index (κ1) is 10.8. The van der Waals surface area contributed by atoms with Crippen LogP contribution in [0.2, 0.25) is 0 Å². The zero-order valence-electron chi connectivity index (χ0n) is 9.59. The number of H-pyrrole nitrogens is 1. The van der Waals surface area contributed by atoms with Gasteiger partial charge in [0.25, 0.3) is 5.69 Å². The van der Waals surface area contributed by atoms with Crippen molar-refractivity contribution in [2.75, 3.05) is 5.32 Å². The van der Waals surface area contributed by atoms with Gasteiger partial charge in [0.2, 0.25) is 5.95 Å². The van der Waals surface area contributed by atoms with Crippen molar-refractivity contribution in [2.24, 2.45) is 0 Å². The molecule has 1 aliphatic carbocycles. The summed E-state index contributed by atoms with van der Waals surface area (Å²) in [6.45, 7) is 0. The molecule has 0 amide bonds. The molecule has 0 saturated heterocycles. The van der Waals surface area contributed by atoms with Crippen molar-refractivity contribution >= 4 is 22.7 Å². The van der Waals surface area contributed by atoms with Crippen LogP contribution in [0.4, 0.5) is 11.6 Å². The Morgan fingerprint density at radius 2 is 2.17 bits per heavy atom. The van der Waals surface area contributed by atoms with Crippen LogP contribution in [0.5, 0.6) is 0 Å². The molecule has 6 nitrogen and oxygen atoms in total. The van der Waals surface area contributed by atoms with Gasteiger partial charge in [-0.1, -0.05) is 12.2 Å². The van der Waals surface area contributed by atoms with E-state index in [1.807, 2.05) is 0 Å². The smallest absolute Gasteiger partial charge is 0.271 e. The van der Waals surface area contributed by atoms with E-state index < -0.39 is 4.92 Å². The highest BCUT2D eigenvalue weighted by Gasteiger charge is 2.13. The minimum absolute atomic E-state index is 0.0697. The summed E-state index contributed by atoms with van der Waals surface area (Å²) < 4.78 is 0. The number of nitrogens with zero attached hydrogens (tertiary/aromatic N) is 2. The average molecular weight is 244 g/mol. The quantitative estimate of drug-likeness (QED) is 0.493. The van der Waals surface area contributed by atoms with Gasteiger partial charge in [-0.15, -0.1) is 0 Å². The highest BCUT2D eigenvalue weighted by Crippen LogP contribution is 2.22. The van der Waals surface area contributed by atoms with E-state index in [4.69, 9.17) is 0 Å². The number of nitro groups is 1. The number of rotatable bonds is 3. The molecule has 2 aromatic rings. The second-order valence-corrected chi connectivity index (χ2v) is 4.33. The number of non-ortho nitro benzene ring substituents is 1. The number of aromatic nitrogens is 2. The van der Waals surface area contributed by atoms with Crippen LogP contribution in [0.3, 0.4) is 0 Å². The van der Waals surface area contributed by atoms with E-state index >= 15 is 0 Å². The Morgan fingerprint density at radius 3 is 2.89 bits per heavy atom. The van der Waals surface area contributed by atoms with Gasteiger partial charge in [-0.3, -0.25) is 10.1 Å². The fourth-order valence-corrected chi connectivity index (χ4v) is 2.11. The summed E-state index contributed by atoms with van der Waals surface area (Å²) in [5.74, 6) is 0.666. The summed E-state index contributed by atoms with van der Waals surface area (Å²) >= 11 is 0. The number of fused-ring (bicyclic) bond motifs is 1. The van der Waals surface area contributed by atoms with E-state index in [9.17, 15) is 10.1 Å². The minimum atomic E-state index is -0.408. The van der Waals surface area contributed by atoms with Crippen LogP contribution in [0.25, 0.3) is 11.0 Å². The van der Waals surface area contributed by atoms with E-state index in [0.29, 0.717) is 17.5 Å². The van der Waals surface area contributed by atoms with Crippen molar-refractivity contribution in [3.05, 3.63) is 40.5 Å². The molecule has 0 radical (unpaired) electrons. The van der Waals surface area contributed by atoms with Gasteiger partial charge >= 0.3 is 0 Å². The number of imidazole rings is 1. The Bertz CT molecular complexity index is 624. The Morgan fingerprint density at radius 1 is 1.39 bits per heavy atom. The standard InChI is InChI=1S/C12H12N4O2/c17-16(18)9-5-6-10-11(7-9)15-12(14-10)13-8-3-1-2-4-8/h1-2,5-8H,3-4H2,(H2,13,14,15). The molecular formula is C12H12N4O2. The maximum atomic E-state index is 10.7. The van der Waals surface area contributed by atoms with Crippen molar-refractivity contribution in [1.82, 2.24) is 9.97 Å². The molecule has 1 aromatic heterocycles. The van der Waals surface area contributed by atoms with Gasteiger partial charge in [-0.05, 0) is 18.9 Å². The van der Waals surface area contributed by atoms with Gasteiger partial charge < -0.3 is 10.3 Å². The Hall–Kier alpha value is -2.37. The molecular weight excluding hydrogens is 232 g/mol. The number of hydrogen-bond donors (Lipinski definition) is 2. The molecule has 0 aliphatic heterocycles. The van der Waals surface area contributed by atoms with E-state index in [1.54, 1.807) is 6.07 Å². The lowest BCUT2D eigenvalue weighted by atomic mass is 10.2.